The highest BCUT2D eigenvalue weighted by Gasteiger charge is 2.21. The van der Waals surface area contributed by atoms with Crippen molar-refractivity contribution in [2.24, 2.45) is 0 Å². The first kappa shape index (κ1) is 25.0. The Morgan fingerprint density at radius 2 is 1.11 bits per heavy atom. The number of hydrogen-bond acceptors (Lipinski definition) is 3. The molecule has 0 aliphatic carbocycles. The van der Waals surface area contributed by atoms with Crippen LogP contribution in [0.25, 0.3) is 81.6 Å². The molecule has 0 atom stereocenters. The highest BCUT2D eigenvalue weighted by molar-refractivity contribution is 7.26. The van der Waals surface area contributed by atoms with Gasteiger partial charge in [-0.1, -0.05) is 127 Å². The van der Waals surface area contributed by atoms with Crippen LogP contribution in [0, 0.1) is 0 Å². The molecule has 0 aliphatic heterocycles. The number of fused-ring (bicyclic) bond motifs is 7. The fourth-order valence-electron chi connectivity index (χ4n) is 6.44. The Hall–Kier alpha value is -5.58. The summed E-state index contributed by atoms with van der Waals surface area (Å²) in [6, 6.07) is 53.5. The molecule has 0 saturated carbocycles. The second kappa shape index (κ2) is 10.0. The van der Waals surface area contributed by atoms with Gasteiger partial charge in [0, 0.05) is 43.1 Å². The van der Waals surface area contributed by atoms with Crippen molar-refractivity contribution in [2.75, 3.05) is 0 Å². The fraction of sp³-hybridized carbons (Fsp3) is 0. The van der Waals surface area contributed by atoms with E-state index in [0.29, 0.717) is 0 Å². The topological polar surface area (TPSA) is 30.7 Å². The number of hydrogen-bond donors (Lipinski definition) is 0. The second-order valence-corrected chi connectivity index (χ2v) is 12.0. The number of aromatic nitrogens is 3. The van der Waals surface area contributed by atoms with Crippen LogP contribution in [0.1, 0.15) is 0 Å². The van der Waals surface area contributed by atoms with Gasteiger partial charge in [-0.05, 0) is 35.4 Å². The summed E-state index contributed by atoms with van der Waals surface area (Å²) in [5, 5.41) is 4.80. The molecule has 206 valence electrons. The van der Waals surface area contributed by atoms with E-state index in [-0.39, 0.29) is 0 Å². The molecular formula is C40H25N3S. The summed E-state index contributed by atoms with van der Waals surface area (Å²) in [7, 11) is 0. The number of para-hydroxylation sites is 1. The van der Waals surface area contributed by atoms with Gasteiger partial charge in [-0.3, -0.25) is 0 Å². The molecule has 0 radical (unpaired) electrons. The van der Waals surface area contributed by atoms with Crippen molar-refractivity contribution in [3.8, 4) is 39.5 Å². The Morgan fingerprint density at radius 3 is 1.89 bits per heavy atom. The predicted molar refractivity (Wildman–Crippen MR) is 186 cm³/mol. The van der Waals surface area contributed by atoms with Crippen LogP contribution in [-0.2, 0) is 0 Å². The van der Waals surface area contributed by atoms with Crippen LogP contribution in [0.3, 0.4) is 0 Å². The summed E-state index contributed by atoms with van der Waals surface area (Å²) < 4.78 is 3.64. The minimum atomic E-state index is 0.750. The number of rotatable bonds is 4. The Kier molecular flexibility index (Phi) is 5.68. The summed E-state index contributed by atoms with van der Waals surface area (Å²) >= 11 is 1.77. The van der Waals surface area contributed by atoms with Crippen molar-refractivity contribution in [3.63, 3.8) is 0 Å². The minimum absolute atomic E-state index is 0.750. The van der Waals surface area contributed by atoms with E-state index < -0.39 is 0 Å². The first-order chi connectivity index (χ1) is 21.8. The molecule has 0 spiro atoms. The maximum absolute atomic E-state index is 5.19. The van der Waals surface area contributed by atoms with Gasteiger partial charge in [-0.2, -0.15) is 0 Å². The monoisotopic (exact) mass is 579 g/mol. The number of nitrogens with zero attached hydrogens (tertiary/aromatic N) is 3. The molecule has 6 aromatic carbocycles. The van der Waals surface area contributed by atoms with Crippen LogP contribution in [0.4, 0.5) is 0 Å². The molecular weight excluding hydrogens is 555 g/mol. The third kappa shape index (κ3) is 3.89. The third-order valence-electron chi connectivity index (χ3n) is 8.43. The molecule has 3 nitrogen and oxygen atoms in total. The molecule has 4 heteroatoms. The van der Waals surface area contributed by atoms with E-state index in [9.17, 15) is 0 Å². The molecule has 3 heterocycles. The first-order valence-corrected chi connectivity index (χ1v) is 15.6. The summed E-state index contributed by atoms with van der Waals surface area (Å²) in [5.74, 6) is 0.750. The number of thiophene rings is 1. The van der Waals surface area contributed by atoms with E-state index in [4.69, 9.17) is 9.97 Å². The van der Waals surface area contributed by atoms with Gasteiger partial charge in [0.25, 0.3) is 0 Å². The van der Waals surface area contributed by atoms with Gasteiger partial charge in [0.2, 0.25) is 0 Å². The Morgan fingerprint density at radius 1 is 0.455 bits per heavy atom. The van der Waals surface area contributed by atoms with E-state index >= 15 is 0 Å². The zero-order valence-corrected chi connectivity index (χ0v) is 24.5. The van der Waals surface area contributed by atoms with E-state index in [0.717, 1.165) is 38.5 Å². The van der Waals surface area contributed by atoms with Crippen LogP contribution in [0.2, 0.25) is 0 Å². The first-order valence-electron chi connectivity index (χ1n) is 14.8. The Balaban J connectivity index is 1.36. The van der Waals surface area contributed by atoms with Crippen LogP contribution >= 0.6 is 11.3 Å². The minimum Gasteiger partial charge on any atom is -0.309 e. The smallest absolute Gasteiger partial charge is 0.161 e. The fourth-order valence-corrected chi connectivity index (χ4v) is 7.67. The lowest BCUT2D eigenvalue weighted by Crippen LogP contribution is -1.94. The molecule has 0 N–H and O–H groups in total. The maximum atomic E-state index is 5.19. The molecule has 3 aromatic heterocycles. The van der Waals surface area contributed by atoms with Crippen LogP contribution in [0.15, 0.2) is 152 Å². The molecule has 0 unspecified atom stereocenters. The normalized spacial score (nSPS) is 11.6. The average Bonchev–Trinajstić information content (AvgIpc) is 3.65. The van der Waals surface area contributed by atoms with Crippen molar-refractivity contribution < 1.29 is 0 Å². The third-order valence-corrected chi connectivity index (χ3v) is 9.54. The van der Waals surface area contributed by atoms with E-state index in [2.05, 4.69) is 138 Å². The summed E-state index contributed by atoms with van der Waals surface area (Å²) in [6.45, 7) is 0. The molecule has 9 rings (SSSR count). The molecule has 9 aromatic rings. The lowest BCUT2D eigenvalue weighted by Gasteiger charge is -2.10. The van der Waals surface area contributed by atoms with Crippen molar-refractivity contribution in [1.82, 2.24) is 14.5 Å². The molecule has 0 amide bonds. The van der Waals surface area contributed by atoms with Gasteiger partial charge in [0.1, 0.15) is 4.83 Å². The van der Waals surface area contributed by atoms with Gasteiger partial charge in [-0.15, -0.1) is 11.3 Å². The molecule has 44 heavy (non-hydrogen) atoms. The highest BCUT2D eigenvalue weighted by Crippen LogP contribution is 2.45. The second-order valence-electron chi connectivity index (χ2n) is 11.0. The van der Waals surface area contributed by atoms with Gasteiger partial charge in [0.15, 0.2) is 5.82 Å². The lowest BCUT2D eigenvalue weighted by molar-refractivity contribution is 1.18. The average molecular weight is 580 g/mol. The highest BCUT2D eigenvalue weighted by atomic mass is 32.1. The lowest BCUT2D eigenvalue weighted by atomic mass is 10.0. The largest absolute Gasteiger partial charge is 0.309 e. The van der Waals surface area contributed by atoms with Crippen molar-refractivity contribution in [3.05, 3.63) is 152 Å². The van der Waals surface area contributed by atoms with Gasteiger partial charge in [-0.25, -0.2) is 9.97 Å². The Bertz CT molecular complexity index is 2480. The van der Waals surface area contributed by atoms with E-state index in [1.54, 1.807) is 11.3 Å². The quantitative estimate of drug-likeness (QED) is 0.208. The van der Waals surface area contributed by atoms with Gasteiger partial charge < -0.3 is 4.57 Å². The molecule has 0 fully saturated rings. The molecule has 0 aliphatic rings. The van der Waals surface area contributed by atoms with Gasteiger partial charge in [0.05, 0.1) is 16.7 Å². The predicted octanol–water partition coefficient (Wildman–Crippen LogP) is 10.9. The van der Waals surface area contributed by atoms with Crippen molar-refractivity contribution in [2.45, 2.75) is 0 Å². The SMILES string of the molecule is c1ccc(-c2cccc(-n3c4ccccc4c4c5sc6nc(-c7ccccc7)nc(-c7ccccc7)c6c5ccc43)c2)cc1. The van der Waals surface area contributed by atoms with Crippen LogP contribution in [-0.4, -0.2) is 14.5 Å². The van der Waals surface area contributed by atoms with Crippen molar-refractivity contribution >= 4 is 53.4 Å². The van der Waals surface area contributed by atoms with Gasteiger partial charge >= 0.3 is 0 Å². The Labute approximate surface area is 258 Å². The summed E-state index contributed by atoms with van der Waals surface area (Å²) in [5.41, 5.74) is 9.02. The number of benzene rings is 6. The zero-order chi connectivity index (χ0) is 29.0. The molecule has 0 bridgehead atoms. The van der Waals surface area contributed by atoms with E-state index in [1.807, 2.05) is 18.2 Å². The summed E-state index contributed by atoms with van der Waals surface area (Å²) in [6.07, 6.45) is 0. The van der Waals surface area contributed by atoms with Crippen LogP contribution < -0.4 is 0 Å². The summed E-state index contributed by atoms with van der Waals surface area (Å²) in [4.78, 5) is 11.4. The maximum Gasteiger partial charge on any atom is 0.161 e. The zero-order valence-electron chi connectivity index (χ0n) is 23.7. The standard InChI is InChI=1S/C40H25N3S/c1-4-13-26(14-5-1)29-19-12-20-30(25-29)43-33-22-11-10-21-31(33)35-34(43)24-23-32-36-37(27-15-6-2-7-16-27)41-39(28-17-8-3-9-18-28)42-40(36)44-38(32)35/h1-25H. The van der Waals surface area contributed by atoms with Crippen molar-refractivity contribution in [1.29, 1.82) is 0 Å². The van der Waals surface area contributed by atoms with Crippen LogP contribution in [0.5, 0.6) is 0 Å². The molecule has 0 saturated heterocycles. The van der Waals surface area contributed by atoms with E-state index in [1.165, 1.54) is 43.0 Å².